The molecule has 0 aliphatic carbocycles. The Morgan fingerprint density at radius 1 is 1.15 bits per heavy atom. The Morgan fingerprint density at radius 3 is 2.78 bits per heavy atom. The molecule has 3 heterocycles. The van der Waals surface area contributed by atoms with Gasteiger partial charge in [-0.1, -0.05) is 28.9 Å². The first-order chi connectivity index (χ1) is 13.0. The second-order valence-corrected chi connectivity index (χ2v) is 7.74. The highest BCUT2D eigenvalue weighted by Gasteiger charge is 2.37. The predicted molar refractivity (Wildman–Crippen MR) is 101 cm³/mol. The minimum absolute atomic E-state index is 0.0874. The van der Waals surface area contributed by atoms with Crippen molar-refractivity contribution < 1.29 is 9.32 Å². The average molecular weight is 369 g/mol. The molecule has 0 radical (unpaired) electrons. The van der Waals surface area contributed by atoms with Crippen LogP contribution in [0.1, 0.15) is 34.8 Å². The maximum atomic E-state index is 12.8. The fourth-order valence-electron chi connectivity index (χ4n) is 4.08. The van der Waals surface area contributed by atoms with Gasteiger partial charge in [-0.3, -0.25) is 4.90 Å². The van der Waals surface area contributed by atoms with E-state index in [1.807, 2.05) is 4.90 Å². The lowest BCUT2D eigenvalue weighted by molar-refractivity contribution is 0.170. The number of hydrogen-bond acceptors (Lipinski definition) is 5. The van der Waals surface area contributed by atoms with Gasteiger partial charge >= 0.3 is 6.03 Å². The van der Waals surface area contributed by atoms with Crippen LogP contribution < -0.4 is 0 Å². The van der Waals surface area contributed by atoms with Crippen LogP contribution in [0.4, 0.5) is 4.79 Å². The van der Waals surface area contributed by atoms with E-state index < -0.39 is 0 Å². The molecule has 2 aliphatic heterocycles. The number of aromatic nitrogens is 2. The van der Waals surface area contributed by atoms with Gasteiger partial charge in [-0.05, 0) is 38.3 Å². The molecule has 4 rings (SSSR count). The first-order valence-electron chi connectivity index (χ1n) is 9.63. The summed E-state index contributed by atoms with van der Waals surface area (Å²) < 4.78 is 5.16. The van der Waals surface area contributed by atoms with Gasteiger partial charge in [0.2, 0.25) is 5.89 Å². The molecular weight excluding hydrogens is 342 g/mol. The van der Waals surface area contributed by atoms with E-state index in [1.165, 1.54) is 16.7 Å². The number of carbonyl (C=O) groups excluding carboxylic acids is 1. The van der Waals surface area contributed by atoms with E-state index in [0.29, 0.717) is 24.8 Å². The summed E-state index contributed by atoms with van der Waals surface area (Å²) in [4.78, 5) is 23.3. The standard InChI is InChI=1S/C20H27N5O2/c1-14-4-5-15(2)17(10-14)11-23-7-6-18(12-23)25-9-8-24(20(25)26)13-19-21-16(3)22-27-19/h4-5,10,18H,6-9,11-13H2,1-3H3. The number of benzene rings is 1. The van der Waals surface area contributed by atoms with Crippen LogP contribution in [0.2, 0.25) is 0 Å². The summed E-state index contributed by atoms with van der Waals surface area (Å²) in [6.07, 6.45) is 1.03. The first-order valence-corrected chi connectivity index (χ1v) is 9.63. The molecule has 0 bridgehead atoms. The monoisotopic (exact) mass is 369 g/mol. The topological polar surface area (TPSA) is 65.7 Å². The van der Waals surface area contributed by atoms with Crippen molar-refractivity contribution in [3.05, 3.63) is 46.6 Å². The van der Waals surface area contributed by atoms with Gasteiger partial charge in [-0.25, -0.2) is 4.79 Å². The zero-order chi connectivity index (χ0) is 19.0. The van der Waals surface area contributed by atoms with Crippen molar-refractivity contribution in [2.45, 2.75) is 46.3 Å². The van der Waals surface area contributed by atoms with Crippen molar-refractivity contribution in [1.82, 2.24) is 24.8 Å². The minimum atomic E-state index is 0.0874. The molecule has 2 aromatic rings. The van der Waals surface area contributed by atoms with Crippen LogP contribution >= 0.6 is 0 Å². The third-order valence-electron chi connectivity index (χ3n) is 5.61. The van der Waals surface area contributed by atoms with Crippen molar-refractivity contribution in [2.24, 2.45) is 0 Å². The Bertz CT molecular complexity index is 834. The molecule has 144 valence electrons. The Labute approximate surface area is 159 Å². The van der Waals surface area contributed by atoms with Crippen LogP contribution in [0.3, 0.4) is 0 Å². The quantitative estimate of drug-likeness (QED) is 0.810. The normalized spacial score (nSPS) is 20.9. The number of urea groups is 1. The molecule has 1 aromatic heterocycles. The van der Waals surface area contributed by atoms with Crippen LogP contribution in [0.25, 0.3) is 0 Å². The molecule has 2 amide bonds. The van der Waals surface area contributed by atoms with Crippen molar-refractivity contribution in [1.29, 1.82) is 0 Å². The average Bonchev–Trinajstić information content (AvgIpc) is 3.34. The summed E-state index contributed by atoms with van der Waals surface area (Å²) in [5, 5.41) is 3.80. The zero-order valence-electron chi connectivity index (χ0n) is 16.3. The maximum absolute atomic E-state index is 12.8. The number of amides is 2. The maximum Gasteiger partial charge on any atom is 0.320 e. The van der Waals surface area contributed by atoms with Crippen LogP contribution in [-0.4, -0.2) is 63.1 Å². The number of likely N-dealkylation sites (tertiary alicyclic amines) is 1. The molecule has 27 heavy (non-hydrogen) atoms. The number of rotatable bonds is 5. The van der Waals surface area contributed by atoms with Gasteiger partial charge in [-0.15, -0.1) is 0 Å². The molecule has 2 aliphatic rings. The number of carbonyl (C=O) groups is 1. The van der Waals surface area contributed by atoms with Gasteiger partial charge in [0.25, 0.3) is 0 Å². The second-order valence-electron chi connectivity index (χ2n) is 7.74. The summed E-state index contributed by atoms with van der Waals surface area (Å²) >= 11 is 0. The van der Waals surface area contributed by atoms with Crippen molar-refractivity contribution in [3.8, 4) is 0 Å². The van der Waals surface area contributed by atoms with Gasteiger partial charge in [0.05, 0.1) is 0 Å². The van der Waals surface area contributed by atoms with E-state index in [1.54, 1.807) is 11.8 Å². The Hall–Kier alpha value is -2.41. The third-order valence-corrected chi connectivity index (χ3v) is 5.61. The summed E-state index contributed by atoms with van der Waals surface area (Å²) in [7, 11) is 0. The van der Waals surface area contributed by atoms with E-state index in [4.69, 9.17) is 4.52 Å². The first kappa shape index (κ1) is 18.0. The molecule has 7 heteroatoms. The highest BCUT2D eigenvalue weighted by Crippen LogP contribution is 2.24. The van der Waals surface area contributed by atoms with E-state index in [-0.39, 0.29) is 12.1 Å². The molecule has 7 nitrogen and oxygen atoms in total. The lowest BCUT2D eigenvalue weighted by Crippen LogP contribution is -2.40. The lowest BCUT2D eigenvalue weighted by atomic mass is 10.1. The predicted octanol–water partition coefficient (Wildman–Crippen LogP) is 2.51. The number of aryl methyl sites for hydroxylation is 3. The Kier molecular flexibility index (Phi) is 4.86. The SMILES string of the molecule is Cc1ccc(C)c(CN2CCC(N3CCN(Cc4nc(C)no4)C3=O)C2)c1. The highest BCUT2D eigenvalue weighted by molar-refractivity contribution is 5.76. The smallest absolute Gasteiger partial charge is 0.320 e. The largest absolute Gasteiger partial charge is 0.337 e. The molecule has 0 spiro atoms. The van der Waals surface area contributed by atoms with Crippen LogP contribution in [-0.2, 0) is 13.1 Å². The molecular formula is C20H27N5O2. The van der Waals surface area contributed by atoms with Crippen molar-refractivity contribution in [3.63, 3.8) is 0 Å². The van der Waals surface area contributed by atoms with Crippen molar-refractivity contribution in [2.75, 3.05) is 26.2 Å². The van der Waals surface area contributed by atoms with Crippen LogP contribution in [0.5, 0.6) is 0 Å². The molecule has 1 aromatic carbocycles. The van der Waals surface area contributed by atoms with Gasteiger partial charge in [0, 0.05) is 38.8 Å². The molecule has 1 atom stereocenters. The van der Waals surface area contributed by atoms with Gasteiger partial charge in [0.15, 0.2) is 5.82 Å². The third kappa shape index (κ3) is 3.83. The zero-order valence-corrected chi connectivity index (χ0v) is 16.3. The van der Waals surface area contributed by atoms with E-state index in [2.05, 4.69) is 47.1 Å². The molecule has 2 fully saturated rings. The highest BCUT2D eigenvalue weighted by atomic mass is 16.5. The fraction of sp³-hybridized carbons (Fsp3) is 0.550. The lowest BCUT2D eigenvalue weighted by Gasteiger charge is -2.25. The van der Waals surface area contributed by atoms with Gasteiger partial charge in [-0.2, -0.15) is 4.98 Å². The van der Waals surface area contributed by atoms with Gasteiger partial charge < -0.3 is 14.3 Å². The summed E-state index contributed by atoms with van der Waals surface area (Å²) in [5.74, 6) is 1.11. The number of hydrogen-bond donors (Lipinski definition) is 0. The number of nitrogens with zero attached hydrogens (tertiary/aromatic N) is 5. The molecule has 1 unspecified atom stereocenters. The van der Waals surface area contributed by atoms with Crippen LogP contribution in [0, 0.1) is 20.8 Å². The van der Waals surface area contributed by atoms with Crippen molar-refractivity contribution >= 4 is 6.03 Å². The van der Waals surface area contributed by atoms with E-state index in [0.717, 1.165) is 32.6 Å². The van der Waals surface area contributed by atoms with Crippen LogP contribution in [0.15, 0.2) is 22.7 Å². The minimum Gasteiger partial charge on any atom is -0.337 e. The molecule has 2 saturated heterocycles. The van der Waals surface area contributed by atoms with E-state index >= 15 is 0 Å². The molecule has 0 saturated carbocycles. The Balaban J connectivity index is 1.35. The second kappa shape index (κ2) is 7.31. The fourth-order valence-corrected chi connectivity index (χ4v) is 4.08. The molecule has 0 N–H and O–H groups in total. The van der Waals surface area contributed by atoms with E-state index in [9.17, 15) is 4.79 Å². The van der Waals surface area contributed by atoms with Gasteiger partial charge in [0.1, 0.15) is 6.54 Å². The Morgan fingerprint density at radius 2 is 2.00 bits per heavy atom. The summed E-state index contributed by atoms with van der Waals surface area (Å²) in [5.41, 5.74) is 4.02. The summed E-state index contributed by atoms with van der Waals surface area (Å²) in [6, 6.07) is 7.01. The summed E-state index contributed by atoms with van der Waals surface area (Å²) in [6.45, 7) is 10.9.